The lowest BCUT2D eigenvalue weighted by atomic mass is 10.1. The molecule has 1 amide bonds. The first-order chi connectivity index (χ1) is 14.7. The van der Waals surface area contributed by atoms with Gasteiger partial charge in [-0.05, 0) is 56.5 Å². The number of amides is 1. The predicted molar refractivity (Wildman–Crippen MR) is 121 cm³/mol. The maximum absolute atomic E-state index is 12.5. The van der Waals surface area contributed by atoms with Crippen molar-refractivity contribution in [3.05, 3.63) is 53.1 Å². The van der Waals surface area contributed by atoms with Gasteiger partial charge in [-0.2, -0.15) is 0 Å². The van der Waals surface area contributed by atoms with Crippen LogP contribution in [0.3, 0.4) is 0 Å². The summed E-state index contributed by atoms with van der Waals surface area (Å²) in [7, 11) is -2.09. The fourth-order valence-corrected chi connectivity index (χ4v) is 4.42. The van der Waals surface area contributed by atoms with Gasteiger partial charge in [0.1, 0.15) is 0 Å². The molecule has 0 aliphatic heterocycles. The Labute approximate surface area is 185 Å². The van der Waals surface area contributed by atoms with E-state index in [9.17, 15) is 13.2 Å². The van der Waals surface area contributed by atoms with Crippen molar-refractivity contribution in [2.45, 2.75) is 51.5 Å². The number of rotatable bonds is 11. The van der Waals surface area contributed by atoms with Gasteiger partial charge in [-0.3, -0.25) is 4.79 Å². The lowest BCUT2D eigenvalue weighted by molar-refractivity contribution is -0.121. The normalized spacial score (nSPS) is 12.3. The minimum Gasteiger partial charge on any atom is -0.493 e. The summed E-state index contributed by atoms with van der Waals surface area (Å²) in [5.74, 6) is 1.02. The van der Waals surface area contributed by atoms with Crippen LogP contribution in [0.2, 0.25) is 0 Å². The van der Waals surface area contributed by atoms with Gasteiger partial charge in [0, 0.05) is 13.0 Å². The molecule has 8 heteroatoms. The molecule has 0 radical (unpaired) electrons. The van der Waals surface area contributed by atoms with Crippen LogP contribution >= 0.6 is 0 Å². The second kappa shape index (κ2) is 11.2. The highest BCUT2D eigenvalue weighted by molar-refractivity contribution is 7.89. The molecule has 31 heavy (non-hydrogen) atoms. The van der Waals surface area contributed by atoms with Gasteiger partial charge in [0.05, 0.1) is 24.7 Å². The van der Waals surface area contributed by atoms with Gasteiger partial charge in [-0.1, -0.05) is 30.7 Å². The summed E-state index contributed by atoms with van der Waals surface area (Å²) in [6, 6.07) is 10.4. The molecule has 0 saturated carbocycles. The number of nitrogens with one attached hydrogen (secondary N) is 2. The Hall–Kier alpha value is -2.58. The third kappa shape index (κ3) is 6.97. The first-order valence-electron chi connectivity index (χ1n) is 10.3. The van der Waals surface area contributed by atoms with E-state index in [0.29, 0.717) is 23.7 Å². The fraction of sp³-hybridized carbons (Fsp3) is 0.435. The van der Waals surface area contributed by atoms with Crippen molar-refractivity contribution in [3.63, 3.8) is 0 Å². The maximum Gasteiger partial charge on any atom is 0.240 e. The van der Waals surface area contributed by atoms with Crippen LogP contribution in [0.4, 0.5) is 0 Å². The van der Waals surface area contributed by atoms with Gasteiger partial charge < -0.3 is 14.8 Å². The molecule has 0 aliphatic rings. The van der Waals surface area contributed by atoms with Crippen LogP contribution in [0.15, 0.2) is 41.3 Å². The minimum atomic E-state index is -3.67. The first kappa shape index (κ1) is 24.7. The Balaban J connectivity index is 1.92. The predicted octanol–water partition coefficient (Wildman–Crippen LogP) is 3.65. The fourth-order valence-electron chi connectivity index (χ4n) is 3.16. The van der Waals surface area contributed by atoms with E-state index in [1.165, 1.54) is 0 Å². The lowest BCUT2D eigenvalue weighted by Gasteiger charge is -2.17. The number of ether oxygens (including phenoxy) is 2. The molecule has 2 N–H and O–H groups in total. The molecule has 2 aromatic carbocycles. The molecular formula is C23H32N2O5S. The van der Waals surface area contributed by atoms with Gasteiger partial charge >= 0.3 is 0 Å². The highest BCUT2D eigenvalue weighted by Crippen LogP contribution is 2.30. The van der Waals surface area contributed by atoms with E-state index in [1.54, 1.807) is 26.2 Å². The smallest absolute Gasteiger partial charge is 0.240 e. The number of carbonyl (C=O) groups excluding carboxylic acids is 1. The molecule has 0 spiro atoms. The highest BCUT2D eigenvalue weighted by atomic mass is 32.2. The summed E-state index contributed by atoms with van der Waals surface area (Å²) in [4.78, 5) is 12.5. The summed E-state index contributed by atoms with van der Waals surface area (Å²) in [6.45, 7) is 8.16. The van der Waals surface area contributed by atoms with E-state index >= 15 is 0 Å². The number of hydrogen-bond acceptors (Lipinski definition) is 5. The summed E-state index contributed by atoms with van der Waals surface area (Å²) < 4.78 is 38.5. The summed E-state index contributed by atoms with van der Waals surface area (Å²) in [5, 5.41) is 2.88. The van der Waals surface area contributed by atoms with Crippen molar-refractivity contribution >= 4 is 15.9 Å². The third-order valence-electron chi connectivity index (χ3n) is 4.79. The van der Waals surface area contributed by atoms with Crippen LogP contribution in [-0.4, -0.2) is 34.6 Å². The van der Waals surface area contributed by atoms with E-state index in [2.05, 4.69) is 10.0 Å². The number of carbonyl (C=O) groups is 1. The Morgan fingerprint density at radius 3 is 2.48 bits per heavy atom. The Bertz CT molecular complexity index is 1010. The van der Waals surface area contributed by atoms with Gasteiger partial charge in [-0.25, -0.2) is 13.1 Å². The van der Waals surface area contributed by atoms with Crippen LogP contribution < -0.4 is 19.5 Å². The second-order valence-corrected chi connectivity index (χ2v) is 9.20. The van der Waals surface area contributed by atoms with Gasteiger partial charge in [0.2, 0.25) is 15.9 Å². The van der Waals surface area contributed by atoms with E-state index in [-0.39, 0.29) is 29.8 Å². The number of sulfonamides is 1. The van der Waals surface area contributed by atoms with Crippen LogP contribution in [0.25, 0.3) is 0 Å². The van der Waals surface area contributed by atoms with Crippen molar-refractivity contribution in [1.82, 2.24) is 10.0 Å². The molecule has 2 aromatic rings. The number of benzene rings is 2. The Morgan fingerprint density at radius 2 is 1.84 bits per heavy atom. The van der Waals surface area contributed by atoms with E-state index in [4.69, 9.17) is 9.47 Å². The zero-order valence-corrected chi connectivity index (χ0v) is 19.6. The molecule has 0 fully saturated rings. The SMILES string of the molecule is CCCOc1ccc(C(C)NC(=O)CCNS(=O)(=O)c2ccc(C)cc2C)cc1OC. The van der Waals surface area contributed by atoms with Crippen LogP contribution in [0.5, 0.6) is 11.5 Å². The van der Waals surface area contributed by atoms with Crippen LogP contribution in [0, 0.1) is 13.8 Å². The molecule has 0 bridgehead atoms. The largest absolute Gasteiger partial charge is 0.493 e. The van der Waals surface area contributed by atoms with Crippen molar-refractivity contribution in [1.29, 1.82) is 0 Å². The molecule has 170 valence electrons. The molecule has 1 unspecified atom stereocenters. The number of hydrogen-bond donors (Lipinski definition) is 2. The Morgan fingerprint density at radius 1 is 1.10 bits per heavy atom. The summed E-state index contributed by atoms with van der Waals surface area (Å²) >= 11 is 0. The quantitative estimate of drug-likeness (QED) is 0.547. The zero-order chi connectivity index (χ0) is 23.0. The maximum atomic E-state index is 12.5. The average molecular weight is 449 g/mol. The van der Waals surface area contributed by atoms with Crippen molar-refractivity contribution in [2.24, 2.45) is 0 Å². The van der Waals surface area contributed by atoms with E-state index in [1.807, 2.05) is 45.0 Å². The van der Waals surface area contributed by atoms with E-state index in [0.717, 1.165) is 17.5 Å². The molecule has 2 rings (SSSR count). The van der Waals surface area contributed by atoms with Crippen molar-refractivity contribution in [2.75, 3.05) is 20.3 Å². The number of aryl methyl sites for hydroxylation is 2. The third-order valence-corrected chi connectivity index (χ3v) is 6.41. The average Bonchev–Trinajstić information content (AvgIpc) is 2.71. The second-order valence-electron chi connectivity index (χ2n) is 7.46. The Kier molecular flexibility index (Phi) is 8.88. The molecule has 0 saturated heterocycles. The minimum absolute atomic E-state index is 0.0152. The zero-order valence-electron chi connectivity index (χ0n) is 18.8. The molecule has 0 aromatic heterocycles. The molecule has 1 atom stereocenters. The molecule has 0 heterocycles. The van der Waals surface area contributed by atoms with Crippen LogP contribution in [0.1, 0.15) is 49.4 Å². The molecule has 7 nitrogen and oxygen atoms in total. The van der Waals surface area contributed by atoms with Gasteiger partial charge in [0.15, 0.2) is 11.5 Å². The lowest BCUT2D eigenvalue weighted by Crippen LogP contribution is -2.32. The molecular weight excluding hydrogens is 416 g/mol. The van der Waals surface area contributed by atoms with Crippen molar-refractivity contribution < 1.29 is 22.7 Å². The van der Waals surface area contributed by atoms with Gasteiger partial charge in [-0.15, -0.1) is 0 Å². The van der Waals surface area contributed by atoms with E-state index < -0.39 is 10.0 Å². The van der Waals surface area contributed by atoms with Gasteiger partial charge in [0.25, 0.3) is 0 Å². The standard InChI is InChI=1S/C23H32N2O5S/c1-6-13-30-20-9-8-19(15-21(20)29-5)18(4)25-23(26)11-12-24-31(27,28)22-10-7-16(2)14-17(22)3/h7-10,14-15,18,24H,6,11-13H2,1-5H3,(H,25,26). The molecule has 0 aliphatic carbocycles. The van der Waals surface area contributed by atoms with Crippen LogP contribution in [-0.2, 0) is 14.8 Å². The topological polar surface area (TPSA) is 93.7 Å². The highest BCUT2D eigenvalue weighted by Gasteiger charge is 2.18. The summed E-state index contributed by atoms with van der Waals surface area (Å²) in [5.41, 5.74) is 2.53. The number of methoxy groups -OCH3 is 1. The summed E-state index contributed by atoms with van der Waals surface area (Å²) in [6.07, 6.45) is 0.925. The monoisotopic (exact) mass is 448 g/mol. The van der Waals surface area contributed by atoms with Crippen molar-refractivity contribution in [3.8, 4) is 11.5 Å². The first-order valence-corrected chi connectivity index (χ1v) is 11.8.